The fourth-order valence-corrected chi connectivity index (χ4v) is 3.99. The van der Waals surface area contributed by atoms with E-state index in [0.29, 0.717) is 0 Å². The molecule has 0 bridgehead atoms. The van der Waals surface area contributed by atoms with Gasteiger partial charge in [0, 0.05) is 28.9 Å². The van der Waals surface area contributed by atoms with Crippen molar-refractivity contribution in [3.63, 3.8) is 0 Å². The number of nitrogens with zero attached hydrogens (tertiary/aromatic N) is 2. The van der Waals surface area contributed by atoms with Gasteiger partial charge in [-0.05, 0) is 44.3 Å². The molecule has 4 rings (SSSR count). The number of hydrogen-bond donors (Lipinski definition) is 1. The Labute approximate surface area is 149 Å². The van der Waals surface area contributed by atoms with Gasteiger partial charge in [0.2, 0.25) is 0 Å². The number of benzene rings is 1. The summed E-state index contributed by atoms with van der Waals surface area (Å²) in [6, 6.07) is 11.9. The highest BCUT2D eigenvalue weighted by atomic mass is 32.1. The SMILES string of the molecule is C/C=C\Nc1ccnc2sc3c(=O)n(-c4ccc(C)cc4)ccc3c12. The molecule has 1 N–H and O–H groups in total. The molecule has 0 amide bonds. The number of aromatic nitrogens is 2. The van der Waals surface area contributed by atoms with Crippen molar-refractivity contribution in [2.45, 2.75) is 13.8 Å². The molecule has 5 heteroatoms. The smallest absolute Gasteiger partial charge is 0.273 e. The Balaban J connectivity index is 1.98. The first-order valence-electron chi connectivity index (χ1n) is 8.06. The molecule has 4 aromatic rings. The Morgan fingerprint density at radius 1 is 1.16 bits per heavy atom. The fraction of sp³-hybridized carbons (Fsp3) is 0.100. The van der Waals surface area contributed by atoms with E-state index in [4.69, 9.17) is 0 Å². The summed E-state index contributed by atoms with van der Waals surface area (Å²) in [7, 11) is 0. The topological polar surface area (TPSA) is 46.9 Å². The number of aryl methyl sites for hydroxylation is 1. The van der Waals surface area contributed by atoms with Gasteiger partial charge in [0.05, 0.1) is 5.69 Å². The summed E-state index contributed by atoms with van der Waals surface area (Å²) in [5, 5.41) is 5.20. The molecule has 124 valence electrons. The molecule has 0 spiro atoms. The summed E-state index contributed by atoms with van der Waals surface area (Å²) in [5.41, 5.74) is 2.99. The van der Waals surface area contributed by atoms with Gasteiger partial charge in [0.25, 0.3) is 5.56 Å². The zero-order valence-corrected chi connectivity index (χ0v) is 14.8. The number of nitrogens with one attached hydrogen (secondary N) is 1. The van der Waals surface area contributed by atoms with Gasteiger partial charge >= 0.3 is 0 Å². The maximum absolute atomic E-state index is 13.0. The molecule has 0 aliphatic rings. The highest BCUT2D eigenvalue weighted by Gasteiger charge is 2.14. The van der Waals surface area contributed by atoms with Crippen LogP contribution in [0.4, 0.5) is 5.69 Å². The Morgan fingerprint density at radius 3 is 2.72 bits per heavy atom. The van der Waals surface area contributed by atoms with Crippen LogP contribution < -0.4 is 10.9 Å². The third-order valence-electron chi connectivity index (χ3n) is 4.15. The van der Waals surface area contributed by atoms with E-state index in [1.807, 2.05) is 68.7 Å². The first-order chi connectivity index (χ1) is 12.2. The zero-order chi connectivity index (χ0) is 17.4. The van der Waals surface area contributed by atoms with E-state index < -0.39 is 0 Å². The summed E-state index contributed by atoms with van der Waals surface area (Å²) < 4.78 is 2.41. The minimum absolute atomic E-state index is 0.0127. The van der Waals surface area contributed by atoms with Crippen molar-refractivity contribution in [3.05, 3.63) is 77.0 Å². The predicted octanol–water partition coefficient (Wildman–Crippen LogP) is 4.85. The van der Waals surface area contributed by atoms with Crippen molar-refractivity contribution in [1.82, 2.24) is 9.55 Å². The predicted molar refractivity (Wildman–Crippen MR) is 106 cm³/mol. The maximum Gasteiger partial charge on any atom is 0.273 e. The standard InChI is InChI=1S/C20H17N3OS/c1-3-10-21-16-8-11-22-19-17(16)15-9-12-23(20(24)18(15)25-19)14-6-4-13(2)5-7-14/h3-12H,1-2H3,(H,21,22)/b10-3-. The van der Waals surface area contributed by atoms with E-state index in [-0.39, 0.29) is 5.56 Å². The summed E-state index contributed by atoms with van der Waals surface area (Å²) in [5.74, 6) is 0. The van der Waals surface area contributed by atoms with Crippen molar-refractivity contribution < 1.29 is 0 Å². The van der Waals surface area contributed by atoms with Crippen LogP contribution in [-0.4, -0.2) is 9.55 Å². The van der Waals surface area contributed by atoms with Crippen LogP contribution >= 0.6 is 11.3 Å². The second-order valence-electron chi connectivity index (χ2n) is 5.85. The summed E-state index contributed by atoms with van der Waals surface area (Å²) >= 11 is 1.44. The number of rotatable bonds is 3. The second-order valence-corrected chi connectivity index (χ2v) is 6.85. The van der Waals surface area contributed by atoms with Gasteiger partial charge in [-0.1, -0.05) is 23.8 Å². The van der Waals surface area contributed by atoms with Crippen LogP contribution in [0.2, 0.25) is 0 Å². The van der Waals surface area contributed by atoms with Crippen LogP contribution in [0, 0.1) is 6.92 Å². The highest BCUT2D eigenvalue weighted by molar-refractivity contribution is 7.25. The molecule has 4 nitrogen and oxygen atoms in total. The van der Waals surface area contributed by atoms with Crippen LogP contribution in [0.1, 0.15) is 12.5 Å². The molecule has 1 aromatic carbocycles. The quantitative estimate of drug-likeness (QED) is 0.576. The third-order valence-corrected chi connectivity index (χ3v) is 5.25. The molecule has 0 unspecified atom stereocenters. The molecule has 3 aromatic heterocycles. The summed E-state index contributed by atoms with van der Waals surface area (Å²) in [6.45, 7) is 3.99. The summed E-state index contributed by atoms with van der Waals surface area (Å²) in [6.07, 6.45) is 7.42. The number of hydrogen-bond acceptors (Lipinski definition) is 4. The molecule has 0 aliphatic carbocycles. The van der Waals surface area contributed by atoms with Crippen LogP contribution in [0.15, 0.2) is 65.9 Å². The third kappa shape index (κ3) is 2.62. The van der Waals surface area contributed by atoms with Crippen LogP contribution in [0.3, 0.4) is 0 Å². The molecule has 0 fully saturated rings. The normalized spacial score (nSPS) is 11.6. The van der Waals surface area contributed by atoms with Crippen molar-refractivity contribution in [3.8, 4) is 5.69 Å². The maximum atomic E-state index is 13.0. The van der Waals surface area contributed by atoms with E-state index in [1.165, 1.54) is 16.9 Å². The van der Waals surface area contributed by atoms with E-state index in [2.05, 4.69) is 10.3 Å². The lowest BCUT2D eigenvalue weighted by Crippen LogP contribution is -2.16. The molecule has 0 atom stereocenters. The van der Waals surface area contributed by atoms with Gasteiger partial charge < -0.3 is 5.32 Å². The number of allylic oxidation sites excluding steroid dienone is 1. The molecular weight excluding hydrogens is 330 g/mol. The monoisotopic (exact) mass is 347 g/mol. The molecule has 3 heterocycles. The Hall–Kier alpha value is -2.92. The molecule has 0 radical (unpaired) electrons. The van der Waals surface area contributed by atoms with Gasteiger partial charge in [-0.3, -0.25) is 9.36 Å². The van der Waals surface area contributed by atoms with Gasteiger partial charge in [-0.25, -0.2) is 4.98 Å². The number of fused-ring (bicyclic) bond motifs is 3. The number of thiophene rings is 1. The van der Waals surface area contributed by atoms with E-state index >= 15 is 0 Å². The molecule has 25 heavy (non-hydrogen) atoms. The first kappa shape index (κ1) is 15.6. The van der Waals surface area contributed by atoms with Crippen LogP contribution in [-0.2, 0) is 0 Å². The van der Waals surface area contributed by atoms with Crippen molar-refractivity contribution in [2.75, 3.05) is 5.32 Å². The lowest BCUT2D eigenvalue weighted by molar-refractivity contribution is 1.01. The van der Waals surface area contributed by atoms with Gasteiger partial charge in [-0.2, -0.15) is 0 Å². The lowest BCUT2D eigenvalue weighted by atomic mass is 10.2. The van der Waals surface area contributed by atoms with Crippen molar-refractivity contribution in [1.29, 1.82) is 0 Å². The second kappa shape index (κ2) is 6.18. The molecule has 0 aliphatic heterocycles. The molecule has 0 saturated heterocycles. The minimum atomic E-state index is -0.0127. The fourth-order valence-electron chi connectivity index (χ4n) is 2.89. The van der Waals surface area contributed by atoms with Gasteiger partial charge in [-0.15, -0.1) is 11.3 Å². The van der Waals surface area contributed by atoms with Crippen LogP contribution in [0.25, 0.3) is 26.0 Å². The number of pyridine rings is 2. The van der Waals surface area contributed by atoms with Crippen LogP contribution in [0.5, 0.6) is 0 Å². The highest BCUT2D eigenvalue weighted by Crippen LogP contribution is 2.35. The van der Waals surface area contributed by atoms with E-state index in [9.17, 15) is 4.79 Å². The van der Waals surface area contributed by atoms with Crippen molar-refractivity contribution >= 4 is 37.3 Å². The van der Waals surface area contributed by atoms with Gasteiger partial charge in [0.1, 0.15) is 9.53 Å². The van der Waals surface area contributed by atoms with E-state index in [1.54, 1.807) is 10.8 Å². The van der Waals surface area contributed by atoms with Crippen molar-refractivity contribution in [2.24, 2.45) is 0 Å². The zero-order valence-electron chi connectivity index (χ0n) is 14.0. The Bertz CT molecular complexity index is 1150. The first-order valence-corrected chi connectivity index (χ1v) is 8.88. The molecule has 0 saturated carbocycles. The largest absolute Gasteiger partial charge is 0.361 e. The average molecular weight is 347 g/mol. The minimum Gasteiger partial charge on any atom is -0.361 e. The average Bonchev–Trinajstić information content (AvgIpc) is 3.01. The lowest BCUT2D eigenvalue weighted by Gasteiger charge is -2.06. The molecular formula is C20H17N3OS. The Kier molecular flexibility index (Phi) is 3.86. The Morgan fingerprint density at radius 2 is 1.96 bits per heavy atom. The van der Waals surface area contributed by atoms with E-state index in [0.717, 1.165) is 31.7 Å². The van der Waals surface area contributed by atoms with Gasteiger partial charge in [0.15, 0.2) is 0 Å². The number of anilines is 1. The summed E-state index contributed by atoms with van der Waals surface area (Å²) in [4.78, 5) is 18.3.